The summed E-state index contributed by atoms with van der Waals surface area (Å²) >= 11 is 0. The topological polar surface area (TPSA) is 60.8 Å². The standard InChI is InChI=1S/C66H102N4O/c1-5-9-13-17-19-23-27-31-57-49-67-65(68-50-57)59-39-33-55(34-40-59)47-61-45-53(29-25-21-15-11-7-3)37-43-63(61)71-64-44-38-54(30-26-22-16-12-8-4)46-62(64)48-56-35-41-60(42-36-56)66-69-51-58(52-70-66)32-28-24-20-18-14-10-6-2/h37-38,43-46,49-52,55-56,59-60H,5-36,39-42,47-48H2,1-4H3/t55-,56-,59-,60-. The van der Waals surface area contributed by atoms with Gasteiger partial charge in [-0.1, -0.05) is 180 Å². The number of benzene rings is 2. The van der Waals surface area contributed by atoms with E-state index in [4.69, 9.17) is 24.7 Å². The molecule has 5 nitrogen and oxygen atoms in total. The monoisotopic (exact) mass is 967 g/mol. The summed E-state index contributed by atoms with van der Waals surface area (Å²) in [6, 6.07) is 14.5. The highest BCUT2D eigenvalue weighted by atomic mass is 16.5. The van der Waals surface area contributed by atoms with Crippen molar-refractivity contribution in [3.63, 3.8) is 0 Å². The molecule has 2 saturated carbocycles. The first-order chi connectivity index (χ1) is 35.0. The van der Waals surface area contributed by atoms with E-state index in [0.29, 0.717) is 23.7 Å². The van der Waals surface area contributed by atoms with Gasteiger partial charge < -0.3 is 4.74 Å². The molecule has 0 bridgehead atoms. The Morgan fingerprint density at radius 3 is 0.972 bits per heavy atom. The number of unbranched alkanes of at least 4 members (excludes halogenated alkanes) is 20. The Labute approximate surface area is 435 Å². The smallest absolute Gasteiger partial charge is 0.131 e. The zero-order chi connectivity index (χ0) is 49.6. The van der Waals surface area contributed by atoms with Crippen molar-refractivity contribution in [2.45, 2.75) is 284 Å². The van der Waals surface area contributed by atoms with Crippen LogP contribution in [-0.2, 0) is 38.5 Å². The van der Waals surface area contributed by atoms with Gasteiger partial charge in [-0.25, -0.2) is 19.9 Å². The van der Waals surface area contributed by atoms with Gasteiger partial charge in [-0.05, 0) is 173 Å². The maximum atomic E-state index is 7.23. The molecule has 0 atom stereocenters. The molecular weight excluding hydrogens is 865 g/mol. The van der Waals surface area contributed by atoms with E-state index in [9.17, 15) is 0 Å². The van der Waals surface area contributed by atoms with E-state index in [1.54, 1.807) is 0 Å². The van der Waals surface area contributed by atoms with E-state index < -0.39 is 0 Å². The first-order valence-corrected chi connectivity index (χ1v) is 30.6. The summed E-state index contributed by atoms with van der Waals surface area (Å²) in [4.78, 5) is 19.8. The average molecular weight is 968 g/mol. The molecule has 5 heteroatoms. The van der Waals surface area contributed by atoms with E-state index in [1.807, 2.05) is 0 Å². The lowest BCUT2D eigenvalue weighted by Crippen LogP contribution is -2.18. The summed E-state index contributed by atoms with van der Waals surface area (Å²) in [5.41, 5.74) is 8.38. The molecule has 0 unspecified atom stereocenters. The highest BCUT2D eigenvalue weighted by Crippen LogP contribution is 2.41. The molecule has 71 heavy (non-hydrogen) atoms. The van der Waals surface area contributed by atoms with E-state index in [2.05, 4.69) is 88.9 Å². The fourth-order valence-corrected chi connectivity index (χ4v) is 11.9. The summed E-state index contributed by atoms with van der Waals surface area (Å²) in [5, 5.41) is 0. The molecule has 2 aromatic carbocycles. The lowest BCUT2D eigenvalue weighted by atomic mass is 9.78. The Morgan fingerprint density at radius 2 is 0.648 bits per heavy atom. The summed E-state index contributed by atoms with van der Waals surface area (Å²) in [6.45, 7) is 9.21. The summed E-state index contributed by atoms with van der Waals surface area (Å²) in [6.07, 6.45) is 56.8. The van der Waals surface area contributed by atoms with Gasteiger partial charge in [-0.2, -0.15) is 0 Å². The second-order valence-electron chi connectivity index (χ2n) is 22.8. The van der Waals surface area contributed by atoms with Crippen molar-refractivity contribution in [1.82, 2.24) is 19.9 Å². The maximum Gasteiger partial charge on any atom is 0.131 e. The van der Waals surface area contributed by atoms with Crippen LogP contribution in [0.5, 0.6) is 11.5 Å². The van der Waals surface area contributed by atoms with Crippen LogP contribution in [0.25, 0.3) is 0 Å². The number of nitrogens with zero attached hydrogens (tertiary/aromatic N) is 4. The molecule has 0 amide bonds. The predicted octanol–water partition coefficient (Wildman–Crippen LogP) is 19.7. The Morgan fingerprint density at radius 1 is 0.352 bits per heavy atom. The fraction of sp³-hybridized carbons (Fsp3) is 0.697. The molecule has 2 fully saturated rings. The lowest BCUT2D eigenvalue weighted by molar-refractivity contribution is 0.312. The van der Waals surface area contributed by atoms with Crippen molar-refractivity contribution < 1.29 is 4.74 Å². The van der Waals surface area contributed by atoms with Crippen LogP contribution in [0.4, 0.5) is 0 Å². The van der Waals surface area contributed by atoms with Gasteiger partial charge in [0, 0.05) is 36.6 Å². The SMILES string of the molecule is CCCCCCCCCc1cnc([C@H]2CC[C@H](Cc3cc(CCCCCCC)ccc3Oc3ccc(CCCCCCC)cc3C[C@H]3CC[C@H](c4ncc(CCCCCCCCC)cn4)CC3)CC2)nc1. The predicted molar refractivity (Wildman–Crippen MR) is 302 cm³/mol. The van der Waals surface area contributed by atoms with Crippen molar-refractivity contribution in [2.75, 3.05) is 0 Å². The summed E-state index contributed by atoms with van der Waals surface area (Å²) < 4.78 is 7.23. The summed E-state index contributed by atoms with van der Waals surface area (Å²) in [7, 11) is 0. The molecule has 2 heterocycles. The number of aromatic nitrogens is 4. The van der Waals surface area contributed by atoms with E-state index in [-0.39, 0.29) is 0 Å². The Bertz CT molecular complexity index is 1830. The normalized spacial score (nSPS) is 18.3. The van der Waals surface area contributed by atoms with Crippen LogP contribution in [0.15, 0.2) is 61.2 Å². The second-order valence-corrected chi connectivity index (χ2v) is 22.8. The minimum atomic E-state index is 0.476. The molecule has 0 N–H and O–H groups in total. The second kappa shape index (κ2) is 34.0. The van der Waals surface area contributed by atoms with Crippen LogP contribution >= 0.6 is 0 Å². The Hall–Kier alpha value is -3.60. The minimum Gasteiger partial charge on any atom is -0.457 e. The van der Waals surface area contributed by atoms with Gasteiger partial charge >= 0.3 is 0 Å². The van der Waals surface area contributed by atoms with E-state index in [1.165, 1.54) is 239 Å². The zero-order valence-electron chi connectivity index (χ0n) is 46.2. The Kier molecular flexibility index (Phi) is 27.1. The van der Waals surface area contributed by atoms with E-state index in [0.717, 1.165) is 61.7 Å². The maximum absolute atomic E-state index is 7.23. The third-order valence-electron chi connectivity index (χ3n) is 16.6. The van der Waals surface area contributed by atoms with Crippen molar-refractivity contribution in [3.05, 3.63) is 106 Å². The molecular formula is C66H102N4O. The fourth-order valence-electron chi connectivity index (χ4n) is 11.9. The average Bonchev–Trinajstić information content (AvgIpc) is 3.40. The molecule has 6 rings (SSSR count). The van der Waals surface area contributed by atoms with Gasteiger partial charge in [0.15, 0.2) is 0 Å². The van der Waals surface area contributed by atoms with Gasteiger partial charge in [0.1, 0.15) is 23.1 Å². The molecule has 0 spiro atoms. The van der Waals surface area contributed by atoms with Crippen molar-refractivity contribution in [1.29, 1.82) is 0 Å². The number of hydrogen-bond acceptors (Lipinski definition) is 5. The van der Waals surface area contributed by atoms with Gasteiger partial charge in [-0.15, -0.1) is 0 Å². The number of aryl methyl sites for hydroxylation is 4. The summed E-state index contributed by atoms with van der Waals surface area (Å²) in [5.74, 6) is 6.55. The van der Waals surface area contributed by atoms with Gasteiger partial charge in [-0.3, -0.25) is 0 Å². The molecule has 2 aliphatic rings. The van der Waals surface area contributed by atoms with Crippen molar-refractivity contribution >= 4 is 0 Å². The quantitative estimate of drug-likeness (QED) is 0.0425. The highest BCUT2D eigenvalue weighted by Gasteiger charge is 2.28. The third kappa shape index (κ3) is 21.0. The minimum absolute atomic E-state index is 0.476. The van der Waals surface area contributed by atoms with Crippen LogP contribution in [-0.4, -0.2) is 19.9 Å². The van der Waals surface area contributed by atoms with Crippen LogP contribution in [0.3, 0.4) is 0 Å². The Balaban J connectivity index is 1.08. The lowest BCUT2D eigenvalue weighted by Gasteiger charge is -2.29. The first kappa shape index (κ1) is 56.7. The van der Waals surface area contributed by atoms with Crippen molar-refractivity contribution in [2.24, 2.45) is 11.8 Å². The number of rotatable bonds is 36. The van der Waals surface area contributed by atoms with Crippen LogP contribution in [0.2, 0.25) is 0 Å². The third-order valence-corrected chi connectivity index (χ3v) is 16.6. The zero-order valence-corrected chi connectivity index (χ0v) is 46.2. The number of ether oxygens (including phenoxy) is 1. The molecule has 0 saturated heterocycles. The molecule has 2 aliphatic carbocycles. The van der Waals surface area contributed by atoms with E-state index >= 15 is 0 Å². The van der Waals surface area contributed by atoms with Crippen molar-refractivity contribution in [3.8, 4) is 11.5 Å². The molecule has 0 radical (unpaired) electrons. The van der Waals surface area contributed by atoms with Gasteiger partial charge in [0.05, 0.1) is 0 Å². The molecule has 0 aliphatic heterocycles. The van der Waals surface area contributed by atoms with Crippen LogP contribution in [0, 0.1) is 11.8 Å². The largest absolute Gasteiger partial charge is 0.457 e. The van der Waals surface area contributed by atoms with Gasteiger partial charge in [0.25, 0.3) is 0 Å². The van der Waals surface area contributed by atoms with Gasteiger partial charge in [0.2, 0.25) is 0 Å². The van der Waals surface area contributed by atoms with Crippen LogP contribution in [0.1, 0.15) is 290 Å². The first-order valence-electron chi connectivity index (χ1n) is 30.6. The number of hydrogen-bond donors (Lipinski definition) is 0. The molecule has 392 valence electrons. The molecule has 2 aromatic heterocycles. The molecule has 4 aromatic rings. The van der Waals surface area contributed by atoms with Crippen LogP contribution < -0.4 is 4.74 Å². The highest BCUT2D eigenvalue weighted by molar-refractivity contribution is 5.45.